The van der Waals surface area contributed by atoms with E-state index in [0.29, 0.717) is 6.54 Å². The Bertz CT molecular complexity index is 106. The average molecular weight is 160 g/mol. The second-order valence-corrected chi connectivity index (χ2v) is 3.25. The molecule has 1 aliphatic rings. The van der Waals surface area contributed by atoms with Gasteiger partial charge in [0, 0.05) is 25.6 Å². The molecule has 0 bridgehead atoms. The van der Waals surface area contributed by atoms with Gasteiger partial charge in [0.1, 0.15) is 0 Å². The van der Waals surface area contributed by atoms with Crippen molar-refractivity contribution in [1.29, 1.82) is 0 Å². The van der Waals surface area contributed by atoms with Gasteiger partial charge in [0.25, 0.3) is 0 Å². The van der Waals surface area contributed by atoms with Crippen LogP contribution in [0.3, 0.4) is 0 Å². The van der Waals surface area contributed by atoms with E-state index >= 15 is 0 Å². The van der Waals surface area contributed by atoms with Crippen LogP contribution in [0.2, 0.25) is 0 Å². The summed E-state index contributed by atoms with van der Waals surface area (Å²) in [6.45, 7) is 3.47. The van der Waals surface area contributed by atoms with E-state index in [0.717, 1.165) is 32.5 Å². The summed E-state index contributed by atoms with van der Waals surface area (Å²) >= 11 is 0. The molecule has 2 N–H and O–H groups in total. The number of likely N-dealkylation sites (tertiary alicyclic amines) is 1. The van der Waals surface area contributed by atoms with Crippen molar-refractivity contribution in [2.24, 2.45) is 11.7 Å². The topological polar surface area (TPSA) is 29.3 Å². The number of hydrogen-bond acceptors (Lipinski definition) is 2. The van der Waals surface area contributed by atoms with Gasteiger partial charge in [-0.05, 0) is 19.4 Å². The summed E-state index contributed by atoms with van der Waals surface area (Å²) in [5.41, 5.74) is 5.41. The zero-order chi connectivity index (χ0) is 8.10. The molecule has 0 aromatic carbocycles. The zero-order valence-electron chi connectivity index (χ0n) is 6.93. The van der Waals surface area contributed by atoms with Crippen LogP contribution in [-0.4, -0.2) is 37.8 Å². The number of rotatable bonds is 3. The van der Waals surface area contributed by atoms with Crippen molar-refractivity contribution in [2.45, 2.75) is 12.8 Å². The van der Waals surface area contributed by atoms with Gasteiger partial charge in [-0.1, -0.05) is 0 Å². The average Bonchev–Trinajstić information content (AvgIpc) is 2.06. The van der Waals surface area contributed by atoms with Crippen LogP contribution in [0, 0.1) is 5.92 Å². The summed E-state index contributed by atoms with van der Waals surface area (Å²) in [5.74, 6) is 0.273. The number of piperidine rings is 1. The van der Waals surface area contributed by atoms with Crippen molar-refractivity contribution in [1.82, 2.24) is 4.90 Å². The van der Waals surface area contributed by atoms with Crippen LogP contribution < -0.4 is 5.73 Å². The normalized spacial score (nSPS) is 27.3. The Morgan fingerprint density at radius 2 is 2.36 bits per heavy atom. The predicted octanol–water partition coefficient (Wildman–Crippen LogP) is 0.627. The lowest BCUT2D eigenvalue weighted by Crippen LogP contribution is -2.39. The molecule has 3 heteroatoms. The number of alkyl halides is 1. The molecule has 0 aliphatic carbocycles. The van der Waals surface area contributed by atoms with Crippen molar-refractivity contribution >= 4 is 0 Å². The van der Waals surface area contributed by atoms with E-state index in [2.05, 4.69) is 4.90 Å². The highest BCUT2D eigenvalue weighted by molar-refractivity contribution is 4.72. The van der Waals surface area contributed by atoms with E-state index in [4.69, 9.17) is 5.73 Å². The Kier molecular flexibility index (Phi) is 3.80. The van der Waals surface area contributed by atoms with Crippen LogP contribution in [0.25, 0.3) is 0 Å². The van der Waals surface area contributed by atoms with E-state index in [1.165, 1.54) is 0 Å². The van der Waals surface area contributed by atoms with E-state index in [1.54, 1.807) is 0 Å². The monoisotopic (exact) mass is 160 g/mol. The lowest BCUT2D eigenvalue weighted by Gasteiger charge is -2.30. The second kappa shape index (κ2) is 4.67. The molecule has 0 radical (unpaired) electrons. The van der Waals surface area contributed by atoms with Gasteiger partial charge in [0.2, 0.25) is 0 Å². The molecule has 1 atom stereocenters. The Morgan fingerprint density at radius 3 is 3.00 bits per heavy atom. The molecule has 0 unspecified atom stereocenters. The van der Waals surface area contributed by atoms with Crippen LogP contribution in [0.1, 0.15) is 12.8 Å². The molecular weight excluding hydrogens is 143 g/mol. The number of nitrogens with zero attached hydrogens (tertiary/aromatic N) is 1. The maximum atomic E-state index is 12.2. The molecule has 1 heterocycles. The summed E-state index contributed by atoms with van der Waals surface area (Å²) in [6, 6.07) is 0. The first kappa shape index (κ1) is 8.94. The summed E-state index contributed by atoms with van der Waals surface area (Å²) < 4.78 is 12.2. The van der Waals surface area contributed by atoms with Crippen LogP contribution in [0.5, 0.6) is 0 Å². The lowest BCUT2D eigenvalue weighted by atomic mass is 10.00. The Hall–Kier alpha value is -0.150. The molecule has 0 aromatic rings. The molecule has 1 saturated heterocycles. The van der Waals surface area contributed by atoms with E-state index in [-0.39, 0.29) is 12.6 Å². The van der Waals surface area contributed by atoms with Crippen molar-refractivity contribution in [3.63, 3.8) is 0 Å². The van der Waals surface area contributed by atoms with E-state index in [9.17, 15) is 4.39 Å². The minimum Gasteiger partial charge on any atom is -0.329 e. The maximum absolute atomic E-state index is 12.2. The van der Waals surface area contributed by atoms with Crippen LogP contribution in [0.15, 0.2) is 0 Å². The zero-order valence-corrected chi connectivity index (χ0v) is 6.93. The third kappa shape index (κ3) is 2.75. The Labute approximate surface area is 67.6 Å². The fourth-order valence-electron chi connectivity index (χ4n) is 1.66. The molecule has 1 aliphatic heterocycles. The minimum absolute atomic E-state index is 0.166. The third-order valence-corrected chi connectivity index (χ3v) is 2.27. The Balaban J connectivity index is 2.21. The van der Waals surface area contributed by atoms with Crippen molar-refractivity contribution in [2.75, 3.05) is 32.9 Å². The van der Waals surface area contributed by atoms with Gasteiger partial charge < -0.3 is 10.6 Å². The minimum atomic E-state index is -0.166. The van der Waals surface area contributed by atoms with Gasteiger partial charge >= 0.3 is 0 Å². The third-order valence-electron chi connectivity index (χ3n) is 2.27. The molecule has 11 heavy (non-hydrogen) atoms. The molecule has 0 saturated carbocycles. The fourth-order valence-corrected chi connectivity index (χ4v) is 1.66. The first-order valence-corrected chi connectivity index (χ1v) is 4.35. The molecular formula is C8H17FN2. The van der Waals surface area contributed by atoms with Gasteiger partial charge in [0.05, 0.1) is 6.67 Å². The first-order chi connectivity index (χ1) is 5.36. The molecule has 0 spiro atoms. The highest BCUT2D eigenvalue weighted by Gasteiger charge is 2.18. The predicted molar refractivity (Wildman–Crippen MR) is 44.2 cm³/mol. The van der Waals surface area contributed by atoms with Crippen molar-refractivity contribution in [3.8, 4) is 0 Å². The SMILES string of the molecule is NCCN1CCC[C@H](CF)C1. The van der Waals surface area contributed by atoms with Gasteiger partial charge in [-0.15, -0.1) is 0 Å². The lowest BCUT2D eigenvalue weighted by molar-refractivity contribution is 0.157. The van der Waals surface area contributed by atoms with Crippen molar-refractivity contribution < 1.29 is 4.39 Å². The van der Waals surface area contributed by atoms with Gasteiger partial charge in [-0.3, -0.25) is 4.39 Å². The standard InChI is InChI=1S/C8H17FN2/c9-6-8-2-1-4-11(7-8)5-3-10/h8H,1-7,10H2/t8-/m1/s1. The largest absolute Gasteiger partial charge is 0.329 e. The molecule has 66 valence electrons. The molecule has 1 rings (SSSR count). The summed E-state index contributed by atoms with van der Waals surface area (Å²) in [6.07, 6.45) is 2.19. The molecule has 0 amide bonds. The van der Waals surface area contributed by atoms with Gasteiger partial charge in [-0.25, -0.2) is 0 Å². The number of halogens is 1. The molecule has 2 nitrogen and oxygen atoms in total. The summed E-state index contributed by atoms with van der Waals surface area (Å²) in [5, 5.41) is 0. The van der Waals surface area contributed by atoms with E-state index in [1.807, 2.05) is 0 Å². The molecule has 0 aromatic heterocycles. The number of nitrogens with two attached hydrogens (primary N) is 1. The molecule has 1 fully saturated rings. The fraction of sp³-hybridized carbons (Fsp3) is 1.00. The van der Waals surface area contributed by atoms with Crippen LogP contribution in [-0.2, 0) is 0 Å². The van der Waals surface area contributed by atoms with Crippen LogP contribution >= 0.6 is 0 Å². The summed E-state index contributed by atoms with van der Waals surface area (Å²) in [7, 11) is 0. The highest BCUT2D eigenvalue weighted by Crippen LogP contribution is 2.15. The van der Waals surface area contributed by atoms with Gasteiger partial charge in [0.15, 0.2) is 0 Å². The summed E-state index contributed by atoms with van der Waals surface area (Å²) in [4.78, 5) is 2.26. The van der Waals surface area contributed by atoms with E-state index < -0.39 is 0 Å². The quantitative estimate of drug-likeness (QED) is 0.656. The van der Waals surface area contributed by atoms with Gasteiger partial charge in [-0.2, -0.15) is 0 Å². The van der Waals surface area contributed by atoms with Crippen LogP contribution in [0.4, 0.5) is 4.39 Å². The maximum Gasteiger partial charge on any atom is 0.0934 e. The Morgan fingerprint density at radius 1 is 1.55 bits per heavy atom. The van der Waals surface area contributed by atoms with Crippen molar-refractivity contribution in [3.05, 3.63) is 0 Å². The highest BCUT2D eigenvalue weighted by atomic mass is 19.1. The smallest absolute Gasteiger partial charge is 0.0934 e. The number of hydrogen-bond donors (Lipinski definition) is 1. The second-order valence-electron chi connectivity index (χ2n) is 3.25. The first-order valence-electron chi connectivity index (χ1n) is 4.35.